The van der Waals surface area contributed by atoms with Gasteiger partial charge in [0.2, 0.25) is 5.90 Å². The van der Waals surface area contributed by atoms with Gasteiger partial charge in [-0.05, 0) is 51.3 Å². The van der Waals surface area contributed by atoms with Gasteiger partial charge in [0.05, 0.1) is 24.9 Å². The molecule has 0 saturated heterocycles. The SMILES string of the molecule is CO/C(=N\[S@](=O)C(C)(C)C)[C@@H](CCCCl)c1ccc(OC)cc1. The maximum Gasteiger partial charge on any atom is 0.204 e. The van der Waals surface area contributed by atoms with Crippen LogP contribution in [0, 0.1) is 0 Å². The Morgan fingerprint density at radius 1 is 1.26 bits per heavy atom. The molecule has 1 aromatic rings. The number of ether oxygens (including phenoxy) is 2. The molecule has 23 heavy (non-hydrogen) atoms. The fourth-order valence-corrected chi connectivity index (χ4v) is 2.81. The van der Waals surface area contributed by atoms with Gasteiger partial charge in [-0.3, -0.25) is 0 Å². The van der Waals surface area contributed by atoms with Crippen LogP contribution in [0.5, 0.6) is 5.75 Å². The molecule has 0 N–H and O–H groups in total. The van der Waals surface area contributed by atoms with Gasteiger partial charge < -0.3 is 9.47 Å². The van der Waals surface area contributed by atoms with Crippen molar-refractivity contribution in [1.29, 1.82) is 0 Å². The standard InChI is InChI=1S/C17H26ClNO3S/c1-17(2,3)23(20)19-16(22-5)15(7-6-12-18)13-8-10-14(21-4)11-9-13/h8-11,15H,6-7,12H2,1-5H3/b19-16-/t15-,23+/m0/s1. The van der Waals surface area contributed by atoms with Crippen molar-refractivity contribution in [3.05, 3.63) is 29.8 Å². The van der Waals surface area contributed by atoms with Gasteiger partial charge in [0.15, 0.2) is 0 Å². The van der Waals surface area contributed by atoms with Gasteiger partial charge in [0.25, 0.3) is 0 Å². The Labute approximate surface area is 146 Å². The summed E-state index contributed by atoms with van der Waals surface area (Å²) in [5, 5.41) is 0. The number of methoxy groups -OCH3 is 2. The first kappa shape index (κ1) is 20.0. The van der Waals surface area contributed by atoms with Crippen molar-refractivity contribution in [2.45, 2.75) is 44.3 Å². The molecule has 0 unspecified atom stereocenters. The van der Waals surface area contributed by atoms with Crippen molar-refractivity contribution in [2.75, 3.05) is 20.1 Å². The predicted molar refractivity (Wildman–Crippen MR) is 98.0 cm³/mol. The Hall–Kier alpha value is -1.07. The van der Waals surface area contributed by atoms with Crippen molar-refractivity contribution < 1.29 is 13.7 Å². The van der Waals surface area contributed by atoms with E-state index in [1.54, 1.807) is 14.2 Å². The quantitative estimate of drug-likeness (QED) is 0.414. The van der Waals surface area contributed by atoms with E-state index in [9.17, 15) is 4.21 Å². The van der Waals surface area contributed by atoms with E-state index in [-0.39, 0.29) is 5.92 Å². The summed E-state index contributed by atoms with van der Waals surface area (Å²) in [4.78, 5) is 0. The highest BCUT2D eigenvalue weighted by atomic mass is 35.5. The lowest BCUT2D eigenvalue weighted by Gasteiger charge is -2.20. The van der Waals surface area contributed by atoms with Crippen molar-refractivity contribution in [3.63, 3.8) is 0 Å². The second-order valence-electron chi connectivity index (χ2n) is 6.15. The molecular formula is C17H26ClNO3S. The Balaban J connectivity index is 3.15. The van der Waals surface area contributed by atoms with Gasteiger partial charge in [0.1, 0.15) is 16.7 Å². The maximum atomic E-state index is 12.3. The zero-order valence-electron chi connectivity index (χ0n) is 14.5. The lowest BCUT2D eigenvalue weighted by atomic mass is 9.94. The summed E-state index contributed by atoms with van der Waals surface area (Å²) in [6.07, 6.45) is 1.60. The highest BCUT2D eigenvalue weighted by Gasteiger charge is 2.24. The molecule has 0 heterocycles. The van der Waals surface area contributed by atoms with Gasteiger partial charge in [-0.15, -0.1) is 11.6 Å². The molecule has 0 aromatic heterocycles. The summed E-state index contributed by atoms with van der Waals surface area (Å²) in [6.45, 7) is 5.67. The third kappa shape index (κ3) is 6.15. The molecule has 1 rings (SSSR count). The first-order valence-electron chi connectivity index (χ1n) is 7.58. The van der Waals surface area contributed by atoms with Crippen LogP contribution >= 0.6 is 11.6 Å². The minimum absolute atomic E-state index is 0.0732. The summed E-state index contributed by atoms with van der Waals surface area (Å²) in [7, 11) is 1.83. The number of hydrogen-bond donors (Lipinski definition) is 0. The number of hydrogen-bond acceptors (Lipinski definition) is 3. The molecule has 0 radical (unpaired) electrons. The van der Waals surface area contributed by atoms with Gasteiger partial charge in [-0.25, -0.2) is 4.21 Å². The van der Waals surface area contributed by atoms with Crippen LogP contribution < -0.4 is 4.74 Å². The molecule has 0 saturated carbocycles. The molecule has 0 aliphatic rings. The van der Waals surface area contributed by atoms with Crippen molar-refractivity contribution in [3.8, 4) is 5.75 Å². The third-order valence-electron chi connectivity index (χ3n) is 3.35. The zero-order valence-corrected chi connectivity index (χ0v) is 16.0. The average Bonchev–Trinajstić information content (AvgIpc) is 2.53. The van der Waals surface area contributed by atoms with E-state index in [2.05, 4.69) is 4.40 Å². The first-order chi connectivity index (χ1) is 10.8. The van der Waals surface area contributed by atoms with Gasteiger partial charge in [-0.2, -0.15) is 4.40 Å². The second-order valence-corrected chi connectivity index (χ2v) is 8.44. The molecule has 0 aliphatic heterocycles. The fourth-order valence-electron chi connectivity index (χ4n) is 2.01. The molecule has 0 fully saturated rings. The fraction of sp³-hybridized carbons (Fsp3) is 0.588. The van der Waals surface area contributed by atoms with Gasteiger partial charge in [-0.1, -0.05) is 12.1 Å². The van der Waals surface area contributed by atoms with Crippen molar-refractivity contribution >= 4 is 28.5 Å². The largest absolute Gasteiger partial charge is 0.497 e. The summed E-state index contributed by atoms with van der Waals surface area (Å²) in [5.41, 5.74) is 1.04. The van der Waals surface area contributed by atoms with E-state index in [0.717, 1.165) is 24.2 Å². The van der Waals surface area contributed by atoms with Crippen molar-refractivity contribution in [1.82, 2.24) is 0 Å². The predicted octanol–water partition coefficient (Wildman–Crippen LogP) is 4.30. The summed E-state index contributed by atoms with van der Waals surface area (Å²) in [6, 6.07) is 7.76. The zero-order chi connectivity index (χ0) is 17.5. The molecule has 0 spiro atoms. The molecule has 0 aliphatic carbocycles. The molecule has 2 atom stereocenters. The monoisotopic (exact) mass is 359 g/mol. The number of alkyl halides is 1. The number of rotatable bonds is 7. The molecule has 1 aromatic carbocycles. The van der Waals surface area contributed by atoms with Crippen LogP contribution in [0.15, 0.2) is 28.7 Å². The molecule has 0 amide bonds. The minimum Gasteiger partial charge on any atom is -0.497 e. The lowest BCUT2D eigenvalue weighted by Crippen LogP contribution is -2.23. The Morgan fingerprint density at radius 3 is 2.30 bits per heavy atom. The summed E-state index contributed by atoms with van der Waals surface area (Å²) < 4.78 is 26.9. The Bertz CT molecular complexity index is 538. The van der Waals surface area contributed by atoms with E-state index in [4.69, 9.17) is 21.1 Å². The van der Waals surface area contributed by atoms with E-state index >= 15 is 0 Å². The lowest BCUT2D eigenvalue weighted by molar-refractivity contribution is 0.378. The average molecular weight is 360 g/mol. The summed E-state index contributed by atoms with van der Waals surface area (Å²) in [5.74, 6) is 1.76. The molecule has 4 nitrogen and oxygen atoms in total. The van der Waals surface area contributed by atoms with E-state index in [1.165, 1.54) is 0 Å². The van der Waals surface area contributed by atoms with Gasteiger partial charge in [0, 0.05) is 5.88 Å². The van der Waals surface area contributed by atoms with E-state index in [1.807, 2.05) is 45.0 Å². The number of halogens is 1. The van der Waals surface area contributed by atoms with Crippen LogP contribution in [0.3, 0.4) is 0 Å². The maximum absolute atomic E-state index is 12.3. The highest BCUT2D eigenvalue weighted by molar-refractivity contribution is 7.85. The first-order valence-corrected chi connectivity index (χ1v) is 9.22. The topological polar surface area (TPSA) is 47.9 Å². The smallest absolute Gasteiger partial charge is 0.204 e. The van der Waals surface area contributed by atoms with Crippen LogP contribution in [0.4, 0.5) is 0 Å². The normalized spacial score (nSPS) is 15.1. The highest BCUT2D eigenvalue weighted by Crippen LogP contribution is 2.27. The number of benzene rings is 1. The van der Waals surface area contributed by atoms with Crippen LogP contribution in [-0.4, -0.2) is 35.0 Å². The van der Waals surface area contributed by atoms with Crippen LogP contribution in [0.25, 0.3) is 0 Å². The van der Waals surface area contributed by atoms with Crippen LogP contribution in [0.1, 0.15) is 45.1 Å². The number of nitrogens with zero attached hydrogens (tertiary/aromatic N) is 1. The van der Waals surface area contributed by atoms with Crippen LogP contribution in [-0.2, 0) is 15.7 Å². The van der Waals surface area contributed by atoms with Crippen LogP contribution in [0.2, 0.25) is 0 Å². The van der Waals surface area contributed by atoms with E-state index < -0.39 is 15.7 Å². The van der Waals surface area contributed by atoms with Crippen molar-refractivity contribution in [2.24, 2.45) is 4.40 Å². The Kier molecular flexibility index (Phi) is 8.06. The summed E-state index contributed by atoms with van der Waals surface area (Å²) >= 11 is 5.85. The molecule has 6 heteroatoms. The van der Waals surface area contributed by atoms with E-state index in [0.29, 0.717) is 11.8 Å². The van der Waals surface area contributed by atoms with Gasteiger partial charge >= 0.3 is 0 Å². The Morgan fingerprint density at radius 2 is 1.87 bits per heavy atom. The molecular weight excluding hydrogens is 334 g/mol. The molecule has 130 valence electrons. The molecule has 0 bridgehead atoms. The third-order valence-corrected chi connectivity index (χ3v) is 5.01. The minimum atomic E-state index is -1.37. The second kappa shape index (κ2) is 9.28.